The van der Waals surface area contributed by atoms with Crippen molar-refractivity contribution >= 4 is 40.3 Å². The SMILES string of the molecule is CCCCCCCCCCC(=O)NCCCCCCNC(=S)C(N)=S. The number of nitrogens with one attached hydrogen (secondary N) is 2. The maximum atomic E-state index is 11.7. The van der Waals surface area contributed by atoms with Crippen LogP contribution in [0.5, 0.6) is 0 Å². The number of amides is 1. The Bertz CT molecular complexity index is 376. The molecular weight excluding hydrogens is 350 g/mol. The quantitative estimate of drug-likeness (QED) is 0.271. The highest BCUT2D eigenvalue weighted by molar-refractivity contribution is 7.89. The van der Waals surface area contributed by atoms with Gasteiger partial charge in [-0.15, -0.1) is 0 Å². The maximum absolute atomic E-state index is 11.7. The van der Waals surface area contributed by atoms with Gasteiger partial charge in [-0.05, 0) is 19.3 Å². The molecule has 4 nitrogen and oxygen atoms in total. The fraction of sp³-hybridized carbons (Fsp3) is 0.842. The molecule has 1 amide bonds. The van der Waals surface area contributed by atoms with Gasteiger partial charge in [0.2, 0.25) is 5.91 Å². The monoisotopic (exact) mass is 387 g/mol. The summed E-state index contributed by atoms with van der Waals surface area (Å²) in [6.07, 6.45) is 15.1. The molecule has 0 aromatic heterocycles. The van der Waals surface area contributed by atoms with Gasteiger partial charge in [0.1, 0.15) is 9.98 Å². The molecule has 6 heteroatoms. The van der Waals surface area contributed by atoms with Crippen LogP contribution in [0, 0.1) is 0 Å². The van der Waals surface area contributed by atoms with E-state index in [2.05, 4.69) is 17.6 Å². The van der Waals surface area contributed by atoms with Crippen LogP contribution in [-0.4, -0.2) is 29.0 Å². The number of nitrogens with two attached hydrogens (primary N) is 1. The molecule has 0 rings (SSSR count). The molecule has 0 fully saturated rings. The van der Waals surface area contributed by atoms with Crippen molar-refractivity contribution in [2.45, 2.75) is 90.4 Å². The minimum absolute atomic E-state index is 0.203. The Labute approximate surface area is 165 Å². The molecule has 0 atom stereocenters. The molecule has 0 saturated heterocycles. The number of unbranched alkanes of at least 4 members (excludes halogenated alkanes) is 10. The van der Waals surface area contributed by atoms with Crippen LogP contribution >= 0.6 is 24.4 Å². The first kappa shape index (κ1) is 24.2. The van der Waals surface area contributed by atoms with E-state index in [9.17, 15) is 4.79 Å². The summed E-state index contributed by atoms with van der Waals surface area (Å²) in [5.41, 5.74) is 5.41. The van der Waals surface area contributed by atoms with Crippen LogP contribution in [0.3, 0.4) is 0 Å². The van der Waals surface area contributed by atoms with Gasteiger partial charge in [-0.2, -0.15) is 0 Å². The van der Waals surface area contributed by atoms with Gasteiger partial charge < -0.3 is 16.4 Å². The molecule has 0 aliphatic rings. The van der Waals surface area contributed by atoms with E-state index < -0.39 is 0 Å². The molecule has 4 N–H and O–H groups in total. The van der Waals surface area contributed by atoms with Crippen LogP contribution in [0.2, 0.25) is 0 Å². The molecule has 25 heavy (non-hydrogen) atoms. The van der Waals surface area contributed by atoms with Gasteiger partial charge in [0.15, 0.2) is 0 Å². The number of carbonyl (C=O) groups is 1. The van der Waals surface area contributed by atoms with E-state index in [4.69, 9.17) is 30.2 Å². The maximum Gasteiger partial charge on any atom is 0.219 e. The number of rotatable bonds is 16. The molecule has 0 heterocycles. The minimum Gasteiger partial charge on any atom is -0.388 e. The second kappa shape index (κ2) is 18.1. The second-order valence-electron chi connectivity index (χ2n) is 6.61. The minimum atomic E-state index is 0.203. The molecule has 0 aliphatic heterocycles. The molecule has 0 spiro atoms. The third-order valence-electron chi connectivity index (χ3n) is 4.19. The lowest BCUT2D eigenvalue weighted by molar-refractivity contribution is -0.121. The van der Waals surface area contributed by atoms with Crippen molar-refractivity contribution in [2.75, 3.05) is 13.1 Å². The lowest BCUT2D eigenvalue weighted by Gasteiger charge is -2.07. The van der Waals surface area contributed by atoms with Gasteiger partial charge in [0.05, 0.1) is 0 Å². The summed E-state index contributed by atoms with van der Waals surface area (Å²) in [6, 6.07) is 0. The average Bonchev–Trinajstić information content (AvgIpc) is 2.59. The number of hydrogen-bond donors (Lipinski definition) is 3. The third-order valence-corrected chi connectivity index (χ3v) is 4.89. The van der Waals surface area contributed by atoms with E-state index in [0.717, 1.165) is 45.2 Å². The van der Waals surface area contributed by atoms with Crippen LogP contribution in [0.15, 0.2) is 0 Å². The summed E-state index contributed by atoms with van der Waals surface area (Å²) in [5, 5.41) is 6.05. The number of hydrogen-bond acceptors (Lipinski definition) is 3. The highest BCUT2D eigenvalue weighted by atomic mass is 32.1. The van der Waals surface area contributed by atoms with E-state index in [0.29, 0.717) is 11.4 Å². The van der Waals surface area contributed by atoms with Crippen LogP contribution in [-0.2, 0) is 4.79 Å². The smallest absolute Gasteiger partial charge is 0.219 e. The first-order chi connectivity index (χ1) is 12.1. The van der Waals surface area contributed by atoms with E-state index in [-0.39, 0.29) is 10.9 Å². The van der Waals surface area contributed by atoms with Crippen molar-refractivity contribution in [1.82, 2.24) is 10.6 Å². The fourth-order valence-corrected chi connectivity index (χ4v) is 2.80. The van der Waals surface area contributed by atoms with Crippen molar-refractivity contribution in [3.8, 4) is 0 Å². The lowest BCUT2D eigenvalue weighted by Crippen LogP contribution is -2.33. The summed E-state index contributed by atoms with van der Waals surface area (Å²) in [7, 11) is 0. The molecule has 0 aliphatic carbocycles. The molecule has 0 aromatic carbocycles. The molecule has 146 valence electrons. The molecule has 0 saturated carbocycles. The Balaban J connectivity index is 3.25. The predicted octanol–water partition coefficient (Wildman–Crippen LogP) is 4.40. The van der Waals surface area contributed by atoms with Gasteiger partial charge in [-0.3, -0.25) is 4.79 Å². The number of thiocarbonyl (C=S) groups is 2. The zero-order valence-electron chi connectivity index (χ0n) is 15.9. The first-order valence-electron chi connectivity index (χ1n) is 9.92. The normalized spacial score (nSPS) is 10.4. The topological polar surface area (TPSA) is 67.2 Å². The van der Waals surface area contributed by atoms with Crippen molar-refractivity contribution in [1.29, 1.82) is 0 Å². The second-order valence-corrected chi connectivity index (χ2v) is 7.46. The average molecular weight is 388 g/mol. The number of carbonyl (C=O) groups excluding carboxylic acids is 1. The van der Waals surface area contributed by atoms with Crippen LogP contribution in [0.1, 0.15) is 90.4 Å². The van der Waals surface area contributed by atoms with Crippen molar-refractivity contribution in [3.63, 3.8) is 0 Å². The highest BCUT2D eigenvalue weighted by Gasteiger charge is 2.01. The van der Waals surface area contributed by atoms with Crippen molar-refractivity contribution in [2.24, 2.45) is 5.73 Å². The molecule has 0 radical (unpaired) electrons. The Morgan fingerprint density at radius 3 is 1.80 bits per heavy atom. The van der Waals surface area contributed by atoms with Gasteiger partial charge in [0, 0.05) is 19.5 Å². The van der Waals surface area contributed by atoms with Crippen LogP contribution in [0.4, 0.5) is 0 Å². The zero-order chi connectivity index (χ0) is 18.8. The van der Waals surface area contributed by atoms with Crippen LogP contribution in [0.25, 0.3) is 0 Å². The predicted molar refractivity (Wildman–Crippen MR) is 116 cm³/mol. The molecule has 0 bridgehead atoms. The van der Waals surface area contributed by atoms with E-state index in [1.807, 2.05) is 0 Å². The first-order valence-corrected chi connectivity index (χ1v) is 10.7. The Hall–Kier alpha value is -0.750. The van der Waals surface area contributed by atoms with E-state index >= 15 is 0 Å². The van der Waals surface area contributed by atoms with Gasteiger partial charge in [0.25, 0.3) is 0 Å². The van der Waals surface area contributed by atoms with Crippen molar-refractivity contribution < 1.29 is 4.79 Å². The highest BCUT2D eigenvalue weighted by Crippen LogP contribution is 2.09. The fourth-order valence-electron chi connectivity index (χ4n) is 2.63. The third kappa shape index (κ3) is 17.9. The molecule has 0 aromatic rings. The molecule has 0 unspecified atom stereocenters. The van der Waals surface area contributed by atoms with E-state index in [1.54, 1.807) is 0 Å². The summed E-state index contributed by atoms with van der Waals surface area (Å²) in [5.74, 6) is 0.203. The van der Waals surface area contributed by atoms with Gasteiger partial charge in [-0.25, -0.2) is 0 Å². The van der Waals surface area contributed by atoms with Crippen molar-refractivity contribution in [3.05, 3.63) is 0 Å². The summed E-state index contributed by atoms with van der Waals surface area (Å²) in [4.78, 5) is 12.5. The van der Waals surface area contributed by atoms with Gasteiger partial charge >= 0.3 is 0 Å². The zero-order valence-corrected chi connectivity index (χ0v) is 17.5. The summed E-state index contributed by atoms with van der Waals surface area (Å²) in [6.45, 7) is 3.83. The standard InChI is InChI=1S/C19H37N3OS2/c1-2-3-4-5-6-7-8-11-14-17(23)21-15-12-9-10-13-16-22-19(25)18(20)24/h2-16H2,1H3,(H2,20,24)(H,21,23)(H,22,25). The summed E-state index contributed by atoms with van der Waals surface area (Å²) < 4.78 is 0. The largest absolute Gasteiger partial charge is 0.388 e. The Kier molecular flexibility index (Phi) is 17.5. The molecular formula is C19H37N3OS2. The van der Waals surface area contributed by atoms with Crippen LogP contribution < -0.4 is 16.4 Å². The Morgan fingerprint density at radius 1 is 0.760 bits per heavy atom. The van der Waals surface area contributed by atoms with E-state index in [1.165, 1.54) is 44.9 Å². The lowest BCUT2D eigenvalue weighted by atomic mass is 10.1. The Morgan fingerprint density at radius 2 is 1.24 bits per heavy atom. The summed E-state index contributed by atoms with van der Waals surface area (Å²) >= 11 is 9.75. The van der Waals surface area contributed by atoms with Gasteiger partial charge in [-0.1, -0.05) is 89.1 Å².